The van der Waals surface area contributed by atoms with Gasteiger partial charge in [-0.25, -0.2) is 4.98 Å². The van der Waals surface area contributed by atoms with Gasteiger partial charge in [0.1, 0.15) is 0 Å². The molecule has 4 nitrogen and oxygen atoms in total. The first kappa shape index (κ1) is 14.9. The number of nitrogens with zero attached hydrogens (tertiary/aromatic N) is 2. The Bertz CT molecular complexity index is 1070. The number of hydrogen-bond acceptors (Lipinski definition) is 4. The van der Waals surface area contributed by atoms with Crippen LogP contribution in [0, 0.1) is 20.8 Å². The highest BCUT2D eigenvalue weighted by atomic mass is 32.1. The Labute approximate surface area is 144 Å². The number of H-pyrrole nitrogens is 1. The van der Waals surface area contributed by atoms with E-state index >= 15 is 0 Å². The second-order valence-electron chi connectivity index (χ2n) is 5.99. The third kappa shape index (κ3) is 2.47. The minimum absolute atomic E-state index is 0.811. The van der Waals surface area contributed by atoms with Crippen molar-refractivity contribution < 1.29 is 0 Å². The number of aromatic amines is 1. The fraction of sp³-hybridized carbons (Fsp3) is 0.158. The van der Waals surface area contributed by atoms with Crippen molar-refractivity contribution in [3.63, 3.8) is 0 Å². The predicted octanol–water partition coefficient (Wildman–Crippen LogP) is 5.15. The van der Waals surface area contributed by atoms with Gasteiger partial charge in [-0.15, -0.1) is 11.3 Å². The van der Waals surface area contributed by atoms with E-state index in [2.05, 4.69) is 64.7 Å². The number of aryl methyl sites for hydroxylation is 3. The monoisotopic (exact) mass is 334 g/mol. The van der Waals surface area contributed by atoms with Crippen molar-refractivity contribution in [2.75, 3.05) is 5.43 Å². The van der Waals surface area contributed by atoms with Crippen LogP contribution in [0.3, 0.4) is 0 Å². The molecule has 0 atom stereocenters. The van der Waals surface area contributed by atoms with Gasteiger partial charge in [0, 0.05) is 27.2 Å². The lowest BCUT2D eigenvalue weighted by atomic mass is 9.99. The van der Waals surface area contributed by atoms with E-state index in [0.29, 0.717) is 0 Å². The van der Waals surface area contributed by atoms with Crippen molar-refractivity contribution in [3.05, 3.63) is 58.1 Å². The van der Waals surface area contributed by atoms with Crippen LogP contribution >= 0.6 is 11.3 Å². The normalized spacial score (nSPS) is 11.8. The SMILES string of the molecule is Cc1csc(NN=Cc2cc(C)c3[nH]c4ccccc4c3c2C)n1. The van der Waals surface area contributed by atoms with E-state index in [0.717, 1.165) is 16.4 Å². The number of anilines is 1. The Morgan fingerprint density at radius 2 is 2.04 bits per heavy atom. The van der Waals surface area contributed by atoms with E-state index < -0.39 is 0 Å². The highest BCUT2D eigenvalue weighted by Gasteiger charge is 2.11. The molecule has 0 aliphatic heterocycles. The van der Waals surface area contributed by atoms with Gasteiger partial charge < -0.3 is 4.98 Å². The maximum Gasteiger partial charge on any atom is 0.203 e. The van der Waals surface area contributed by atoms with Gasteiger partial charge in [-0.3, -0.25) is 5.43 Å². The van der Waals surface area contributed by atoms with Gasteiger partial charge in [0.2, 0.25) is 5.13 Å². The Morgan fingerprint density at radius 3 is 2.83 bits per heavy atom. The number of fused-ring (bicyclic) bond motifs is 3. The highest BCUT2D eigenvalue weighted by molar-refractivity contribution is 7.13. The minimum Gasteiger partial charge on any atom is -0.354 e. The largest absolute Gasteiger partial charge is 0.354 e. The number of rotatable bonds is 3. The molecular formula is C19H18N4S. The van der Waals surface area contributed by atoms with Crippen molar-refractivity contribution in [1.29, 1.82) is 0 Å². The van der Waals surface area contributed by atoms with Crippen LogP contribution < -0.4 is 5.43 Å². The number of nitrogens with one attached hydrogen (secondary N) is 2. The zero-order valence-electron chi connectivity index (χ0n) is 13.8. The molecule has 0 spiro atoms. The van der Waals surface area contributed by atoms with Crippen LogP contribution in [0.25, 0.3) is 21.8 Å². The molecule has 0 amide bonds. The smallest absolute Gasteiger partial charge is 0.203 e. The van der Waals surface area contributed by atoms with E-state index in [1.807, 2.05) is 18.5 Å². The van der Waals surface area contributed by atoms with Crippen LogP contribution in [-0.2, 0) is 0 Å². The van der Waals surface area contributed by atoms with Gasteiger partial charge in [-0.2, -0.15) is 5.10 Å². The highest BCUT2D eigenvalue weighted by Crippen LogP contribution is 2.31. The molecule has 2 aromatic heterocycles. The third-order valence-corrected chi connectivity index (χ3v) is 5.13. The Hall–Kier alpha value is -2.66. The number of thiazole rings is 1. The van der Waals surface area contributed by atoms with Crippen molar-refractivity contribution in [2.24, 2.45) is 5.10 Å². The zero-order chi connectivity index (χ0) is 16.7. The number of para-hydroxylation sites is 1. The molecule has 120 valence electrons. The maximum atomic E-state index is 4.36. The van der Waals surface area contributed by atoms with E-state index in [4.69, 9.17) is 0 Å². The Morgan fingerprint density at radius 1 is 1.21 bits per heavy atom. The van der Waals surface area contributed by atoms with Gasteiger partial charge in [0.25, 0.3) is 0 Å². The van der Waals surface area contributed by atoms with Gasteiger partial charge in [-0.1, -0.05) is 18.2 Å². The fourth-order valence-corrected chi connectivity index (χ4v) is 3.72. The molecule has 24 heavy (non-hydrogen) atoms. The van der Waals surface area contributed by atoms with Gasteiger partial charge in [-0.05, 0) is 49.6 Å². The molecule has 4 rings (SSSR count). The Kier molecular flexibility index (Phi) is 3.58. The molecule has 0 bridgehead atoms. The first-order valence-corrected chi connectivity index (χ1v) is 8.73. The van der Waals surface area contributed by atoms with E-state index in [-0.39, 0.29) is 0 Å². The quantitative estimate of drug-likeness (QED) is 0.402. The van der Waals surface area contributed by atoms with Crippen LogP contribution in [0.2, 0.25) is 0 Å². The van der Waals surface area contributed by atoms with E-state index in [1.165, 1.54) is 32.9 Å². The lowest BCUT2D eigenvalue weighted by Gasteiger charge is -2.06. The van der Waals surface area contributed by atoms with Gasteiger partial charge in [0.05, 0.1) is 11.9 Å². The van der Waals surface area contributed by atoms with Crippen molar-refractivity contribution >= 4 is 44.5 Å². The van der Waals surface area contributed by atoms with E-state index in [9.17, 15) is 0 Å². The lowest BCUT2D eigenvalue weighted by Crippen LogP contribution is -1.94. The summed E-state index contributed by atoms with van der Waals surface area (Å²) < 4.78 is 0. The molecule has 2 heterocycles. The molecule has 0 radical (unpaired) electrons. The number of hydrogen-bond donors (Lipinski definition) is 2. The van der Waals surface area contributed by atoms with Crippen molar-refractivity contribution in [3.8, 4) is 0 Å². The molecule has 2 N–H and O–H groups in total. The van der Waals surface area contributed by atoms with Crippen LogP contribution in [0.5, 0.6) is 0 Å². The molecule has 4 aromatic rings. The molecule has 2 aromatic carbocycles. The van der Waals surface area contributed by atoms with Gasteiger partial charge in [0.15, 0.2) is 0 Å². The summed E-state index contributed by atoms with van der Waals surface area (Å²) in [6.07, 6.45) is 1.88. The molecule has 0 fully saturated rings. The fourth-order valence-electron chi connectivity index (χ4n) is 3.08. The molecule has 0 saturated heterocycles. The zero-order valence-corrected chi connectivity index (χ0v) is 14.7. The molecule has 0 aliphatic carbocycles. The predicted molar refractivity (Wildman–Crippen MR) is 103 cm³/mol. The van der Waals surface area contributed by atoms with Crippen LogP contribution in [0.15, 0.2) is 40.8 Å². The first-order chi connectivity index (χ1) is 11.6. The van der Waals surface area contributed by atoms with Crippen molar-refractivity contribution in [1.82, 2.24) is 9.97 Å². The summed E-state index contributed by atoms with van der Waals surface area (Å²) >= 11 is 1.56. The second-order valence-corrected chi connectivity index (χ2v) is 6.85. The molecule has 5 heteroatoms. The van der Waals surface area contributed by atoms with E-state index in [1.54, 1.807) is 11.3 Å². The lowest BCUT2D eigenvalue weighted by molar-refractivity contribution is 1.22. The standard InChI is InChI=1S/C19H18N4S/c1-11-8-14(9-20-23-19-21-12(2)10-24-19)13(3)17-15-6-4-5-7-16(15)22-18(11)17/h4-10,22H,1-3H3,(H,21,23). The maximum absolute atomic E-state index is 4.36. The Balaban J connectivity index is 1.78. The molecular weight excluding hydrogens is 316 g/mol. The third-order valence-electron chi connectivity index (χ3n) is 4.26. The average Bonchev–Trinajstić information content (AvgIpc) is 3.16. The summed E-state index contributed by atoms with van der Waals surface area (Å²) in [5.74, 6) is 0. The number of hydrazone groups is 1. The summed E-state index contributed by atoms with van der Waals surface area (Å²) in [7, 11) is 0. The summed E-state index contributed by atoms with van der Waals surface area (Å²) in [5, 5.41) is 9.71. The summed E-state index contributed by atoms with van der Waals surface area (Å²) in [6, 6.07) is 10.6. The average molecular weight is 334 g/mol. The first-order valence-electron chi connectivity index (χ1n) is 7.85. The molecule has 0 unspecified atom stereocenters. The second kappa shape index (κ2) is 5.76. The molecule has 0 saturated carbocycles. The van der Waals surface area contributed by atoms with Crippen LogP contribution in [0.1, 0.15) is 22.4 Å². The van der Waals surface area contributed by atoms with Gasteiger partial charge >= 0.3 is 0 Å². The van der Waals surface area contributed by atoms with Crippen LogP contribution in [-0.4, -0.2) is 16.2 Å². The summed E-state index contributed by atoms with van der Waals surface area (Å²) in [6.45, 7) is 6.26. The van der Waals surface area contributed by atoms with Crippen molar-refractivity contribution in [2.45, 2.75) is 20.8 Å². The summed E-state index contributed by atoms with van der Waals surface area (Å²) in [4.78, 5) is 7.88. The number of aromatic nitrogens is 2. The van der Waals surface area contributed by atoms with Crippen LogP contribution in [0.4, 0.5) is 5.13 Å². The number of benzene rings is 2. The summed E-state index contributed by atoms with van der Waals surface area (Å²) in [5.41, 5.74) is 9.95. The topological polar surface area (TPSA) is 53.1 Å². The molecule has 0 aliphatic rings. The minimum atomic E-state index is 0.811.